The number of unbranched alkanes of at least 4 members (excludes halogenated alkanes) is 5. The SMILES string of the molecule is CCCCCCCCC(CC)C[NH+](C)C.[Cl-]. The van der Waals surface area contributed by atoms with Gasteiger partial charge in [-0.2, -0.15) is 0 Å². The maximum absolute atomic E-state index is 2.34. The lowest BCUT2D eigenvalue weighted by atomic mass is 9.97. The lowest BCUT2D eigenvalue weighted by molar-refractivity contribution is -0.862. The van der Waals surface area contributed by atoms with Crippen molar-refractivity contribution in [3.8, 4) is 0 Å². The van der Waals surface area contributed by atoms with Crippen LogP contribution in [0.15, 0.2) is 0 Å². The molecule has 0 saturated carbocycles. The van der Waals surface area contributed by atoms with E-state index in [1.807, 2.05) is 0 Å². The lowest BCUT2D eigenvalue weighted by Gasteiger charge is -2.16. The minimum absolute atomic E-state index is 0. The summed E-state index contributed by atoms with van der Waals surface area (Å²) >= 11 is 0. The van der Waals surface area contributed by atoms with Gasteiger partial charge in [-0.15, -0.1) is 0 Å². The van der Waals surface area contributed by atoms with E-state index in [0.29, 0.717) is 0 Å². The maximum Gasteiger partial charge on any atom is 0.0795 e. The minimum Gasteiger partial charge on any atom is -1.00 e. The first kappa shape index (κ1) is 18.6. The number of rotatable bonds is 10. The monoisotopic (exact) mass is 249 g/mol. The molecule has 0 aromatic carbocycles. The molecule has 1 unspecified atom stereocenters. The standard InChI is InChI=1S/C14H31N.ClH/c1-5-7-8-9-10-11-12-14(6-2)13-15(3)4;/h14H,5-13H2,1-4H3;1H. The highest BCUT2D eigenvalue weighted by Gasteiger charge is 2.09. The summed E-state index contributed by atoms with van der Waals surface area (Å²) in [5.74, 6) is 0.959. The molecular weight excluding hydrogens is 218 g/mol. The summed E-state index contributed by atoms with van der Waals surface area (Å²) in [6, 6.07) is 0. The molecular formula is C14H32ClN. The van der Waals surface area contributed by atoms with Crippen molar-refractivity contribution in [2.45, 2.75) is 65.2 Å². The normalized spacial score (nSPS) is 12.6. The van der Waals surface area contributed by atoms with Crippen LogP contribution in [-0.2, 0) is 0 Å². The Bertz CT molecular complexity index is 126. The van der Waals surface area contributed by atoms with Crippen molar-refractivity contribution >= 4 is 0 Å². The van der Waals surface area contributed by atoms with E-state index in [1.165, 1.54) is 57.9 Å². The number of quaternary nitrogens is 1. The van der Waals surface area contributed by atoms with E-state index < -0.39 is 0 Å². The Hall–Kier alpha value is 0.250. The zero-order valence-electron chi connectivity index (χ0n) is 11.8. The summed E-state index contributed by atoms with van der Waals surface area (Å²) in [7, 11) is 4.54. The highest BCUT2D eigenvalue weighted by molar-refractivity contribution is 4.55. The van der Waals surface area contributed by atoms with Gasteiger partial charge < -0.3 is 17.3 Å². The van der Waals surface area contributed by atoms with Gasteiger partial charge in [0, 0.05) is 5.92 Å². The van der Waals surface area contributed by atoms with Crippen LogP contribution in [0.4, 0.5) is 0 Å². The van der Waals surface area contributed by atoms with E-state index in [-0.39, 0.29) is 12.4 Å². The summed E-state index contributed by atoms with van der Waals surface area (Å²) < 4.78 is 0. The molecule has 0 heterocycles. The predicted molar refractivity (Wildman–Crippen MR) is 69.5 cm³/mol. The molecule has 16 heavy (non-hydrogen) atoms. The molecule has 100 valence electrons. The van der Waals surface area contributed by atoms with Crippen molar-refractivity contribution in [3.63, 3.8) is 0 Å². The van der Waals surface area contributed by atoms with Gasteiger partial charge in [0.2, 0.25) is 0 Å². The van der Waals surface area contributed by atoms with Gasteiger partial charge in [-0.05, 0) is 12.8 Å². The molecule has 0 radical (unpaired) electrons. The number of nitrogens with one attached hydrogen (secondary N) is 1. The van der Waals surface area contributed by atoms with Crippen LogP contribution in [0, 0.1) is 5.92 Å². The number of halogens is 1. The van der Waals surface area contributed by atoms with E-state index in [0.717, 1.165) is 5.92 Å². The quantitative estimate of drug-likeness (QED) is 0.517. The second kappa shape index (κ2) is 13.3. The summed E-state index contributed by atoms with van der Waals surface area (Å²) in [5, 5.41) is 0. The van der Waals surface area contributed by atoms with Crippen LogP contribution in [0.3, 0.4) is 0 Å². The molecule has 0 aromatic rings. The highest BCUT2D eigenvalue weighted by Crippen LogP contribution is 2.13. The molecule has 2 heteroatoms. The summed E-state index contributed by atoms with van der Waals surface area (Å²) in [4.78, 5) is 1.60. The van der Waals surface area contributed by atoms with E-state index in [4.69, 9.17) is 0 Å². The van der Waals surface area contributed by atoms with E-state index in [2.05, 4.69) is 27.9 Å². The zero-order valence-corrected chi connectivity index (χ0v) is 12.6. The van der Waals surface area contributed by atoms with Crippen LogP contribution in [0.5, 0.6) is 0 Å². The van der Waals surface area contributed by atoms with Gasteiger partial charge in [0.1, 0.15) is 0 Å². The summed E-state index contributed by atoms with van der Waals surface area (Å²) in [5.41, 5.74) is 0. The first-order valence-electron chi connectivity index (χ1n) is 6.99. The molecule has 0 bridgehead atoms. The van der Waals surface area contributed by atoms with Crippen LogP contribution < -0.4 is 17.3 Å². The Balaban J connectivity index is 0. The lowest BCUT2D eigenvalue weighted by Crippen LogP contribution is -3.06. The highest BCUT2D eigenvalue weighted by atomic mass is 35.5. The molecule has 0 amide bonds. The largest absolute Gasteiger partial charge is 1.00 e. The van der Waals surface area contributed by atoms with Gasteiger partial charge in [0.25, 0.3) is 0 Å². The molecule has 0 spiro atoms. The molecule has 0 fully saturated rings. The average Bonchev–Trinajstić information content (AvgIpc) is 2.20. The zero-order chi connectivity index (χ0) is 11.5. The first-order valence-corrected chi connectivity index (χ1v) is 6.99. The Morgan fingerprint density at radius 2 is 1.44 bits per heavy atom. The first-order chi connectivity index (χ1) is 7.20. The number of hydrogen-bond acceptors (Lipinski definition) is 0. The van der Waals surface area contributed by atoms with Crippen molar-refractivity contribution in [1.82, 2.24) is 0 Å². The topological polar surface area (TPSA) is 4.44 Å². The Kier molecular flexibility index (Phi) is 15.5. The van der Waals surface area contributed by atoms with Crippen molar-refractivity contribution in [3.05, 3.63) is 0 Å². The van der Waals surface area contributed by atoms with Crippen molar-refractivity contribution in [2.24, 2.45) is 5.92 Å². The number of hydrogen-bond donors (Lipinski definition) is 1. The van der Waals surface area contributed by atoms with Crippen LogP contribution in [-0.4, -0.2) is 20.6 Å². The average molecular weight is 250 g/mol. The second-order valence-electron chi connectivity index (χ2n) is 5.24. The maximum atomic E-state index is 2.34. The fourth-order valence-electron chi connectivity index (χ4n) is 2.24. The third-order valence-corrected chi connectivity index (χ3v) is 3.24. The van der Waals surface area contributed by atoms with E-state index >= 15 is 0 Å². The van der Waals surface area contributed by atoms with Gasteiger partial charge in [-0.25, -0.2) is 0 Å². The fraction of sp³-hybridized carbons (Fsp3) is 1.00. The van der Waals surface area contributed by atoms with Crippen LogP contribution in [0.25, 0.3) is 0 Å². The Morgan fingerprint density at radius 1 is 0.875 bits per heavy atom. The van der Waals surface area contributed by atoms with Crippen LogP contribution >= 0.6 is 0 Å². The third-order valence-electron chi connectivity index (χ3n) is 3.24. The molecule has 0 aromatic heterocycles. The van der Waals surface area contributed by atoms with Gasteiger partial charge in [-0.1, -0.05) is 52.4 Å². The molecule has 0 aliphatic heterocycles. The van der Waals surface area contributed by atoms with Gasteiger partial charge in [0.05, 0.1) is 20.6 Å². The summed E-state index contributed by atoms with van der Waals surface area (Å²) in [6.45, 7) is 5.98. The molecule has 1 atom stereocenters. The summed E-state index contributed by atoms with van der Waals surface area (Å²) in [6.07, 6.45) is 11.4. The molecule has 0 aliphatic carbocycles. The van der Waals surface area contributed by atoms with Crippen molar-refractivity contribution < 1.29 is 17.3 Å². The second-order valence-corrected chi connectivity index (χ2v) is 5.24. The van der Waals surface area contributed by atoms with Crippen LogP contribution in [0.1, 0.15) is 65.2 Å². The van der Waals surface area contributed by atoms with Gasteiger partial charge in [0.15, 0.2) is 0 Å². The minimum atomic E-state index is 0. The Labute approximate surface area is 109 Å². The fourth-order valence-corrected chi connectivity index (χ4v) is 2.24. The predicted octanol–water partition coefficient (Wildman–Crippen LogP) is -0.0883. The molecule has 0 saturated heterocycles. The Morgan fingerprint density at radius 3 is 1.94 bits per heavy atom. The molecule has 0 rings (SSSR count). The van der Waals surface area contributed by atoms with Crippen molar-refractivity contribution in [2.75, 3.05) is 20.6 Å². The van der Waals surface area contributed by atoms with Gasteiger partial charge in [-0.3, -0.25) is 0 Å². The van der Waals surface area contributed by atoms with Gasteiger partial charge >= 0.3 is 0 Å². The molecule has 1 nitrogen and oxygen atoms in total. The van der Waals surface area contributed by atoms with Crippen molar-refractivity contribution in [1.29, 1.82) is 0 Å². The third kappa shape index (κ3) is 12.3. The van der Waals surface area contributed by atoms with E-state index in [9.17, 15) is 0 Å². The van der Waals surface area contributed by atoms with Crippen LogP contribution in [0.2, 0.25) is 0 Å². The smallest absolute Gasteiger partial charge is 0.0795 e. The molecule has 1 N–H and O–H groups in total. The molecule has 0 aliphatic rings. The van der Waals surface area contributed by atoms with E-state index in [1.54, 1.807) is 4.90 Å².